The number of thioether (sulfide) groups is 1. The minimum Gasteiger partial charge on any atom is -0.468 e. The number of nitrogens with one attached hydrogen (secondary N) is 1. The first-order valence-electron chi connectivity index (χ1n) is 5.69. The molecule has 1 heterocycles. The van der Waals surface area contributed by atoms with Gasteiger partial charge in [-0.2, -0.15) is 11.8 Å². The Morgan fingerprint density at radius 2 is 2.59 bits per heavy atom. The smallest absolute Gasteiger partial charge is 0.323 e. The largest absolute Gasteiger partial charge is 0.468 e. The number of carbonyl (C=O) groups is 1. The summed E-state index contributed by atoms with van der Waals surface area (Å²) in [5.74, 6) is 2.27. The molecule has 2 atom stereocenters. The van der Waals surface area contributed by atoms with Crippen LogP contribution in [-0.4, -0.2) is 43.7 Å². The van der Waals surface area contributed by atoms with Crippen molar-refractivity contribution < 1.29 is 9.53 Å². The molecule has 0 radical (unpaired) electrons. The first-order chi connectivity index (χ1) is 8.29. The van der Waals surface area contributed by atoms with Gasteiger partial charge < -0.3 is 10.1 Å². The fourth-order valence-corrected chi connectivity index (χ4v) is 3.14. The van der Waals surface area contributed by atoms with E-state index in [0.717, 1.165) is 24.3 Å². The molecule has 0 aromatic carbocycles. The van der Waals surface area contributed by atoms with Crippen LogP contribution in [0.2, 0.25) is 0 Å². The molecule has 0 bridgehead atoms. The molecule has 17 heavy (non-hydrogen) atoms. The van der Waals surface area contributed by atoms with Gasteiger partial charge in [-0.15, -0.1) is 0 Å². The minimum absolute atomic E-state index is 0.193. The van der Waals surface area contributed by atoms with E-state index in [-0.39, 0.29) is 12.0 Å². The number of rotatable bonds is 7. The summed E-state index contributed by atoms with van der Waals surface area (Å²) in [6.07, 6.45) is 1.78. The summed E-state index contributed by atoms with van der Waals surface area (Å²) in [7, 11) is 1.42. The Balaban J connectivity index is 2.35. The van der Waals surface area contributed by atoms with Crippen molar-refractivity contribution in [2.24, 2.45) is 11.0 Å². The van der Waals surface area contributed by atoms with Crippen LogP contribution in [0.3, 0.4) is 0 Å². The zero-order valence-corrected chi connectivity index (χ0v) is 10.8. The van der Waals surface area contributed by atoms with Crippen LogP contribution in [0.5, 0.6) is 0 Å². The molecule has 1 aliphatic heterocycles. The average molecular weight is 258 g/mol. The predicted octanol–water partition coefficient (Wildman–Crippen LogP) is 1.57. The van der Waals surface area contributed by atoms with E-state index in [2.05, 4.69) is 15.3 Å². The molecule has 1 saturated heterocycles. The molecule has 1 aliphatic rings. The van der Waals surface area contributed by atoms with Gasteiger partial charge in [-0.1, -0.05) is 5.11 Å². The lowest BCUT2D eigenvalue weighted by atomic mass is 9.99. The Kier molecular flexibility index (Phi) is 6.84. The zero-order chi connectivity index (χ0) is 12.5. The van der Waals surface area contributed by atoms with Gasteiger partial charge >= 0.3 is 5.97 Å². The third kappa shape index (κ3) is 4.85. The third-order valence-electron chi connectivity index (χ3n) is 2.75. The van der Waals surface area contributed by atoms with E-state index in [1.807, 2.05) is 11.8 Å². The summed E-state index contributed by atoms with van der Waals surface area (Å²) in [6.45, 7) is 1.12. The lowest BCUT2D eigenvalue weighted by Crippen LogP contribution is -2.44. The molecule has 1 N–H and O–H groups in total. The van der Waals surface area contributed by atoms with Gasteiger partial charge in [0.15, 0.2) is 0 Å². The maximum atomic E-state index is 11.6. The van der Waals surface area contributed by atoms with Gasteiger partial charge in [0.25, 0.3) is 0 Å². The molecule has 1 rings (SSSR count). The minimum atomic E-state index is -0.221. The van der Waals surface area contributed by atoms with Crippen LogP contribution in [0.1, 0.15) is 12.8 Å². The Morgan fingerprint density at radius 1 is 1.76 bits per heavy atom. The maximum absolute atomic E-state index is 11.6. The molecule has 0 aliphatic carbocycles. The van der Waals surface area contributed by atoms with E-state index in [1.54, 1.807) is 0 Å². The molecule has 6 nitrogen and oxygen atoms in total. The van der Waals surface area contributed by atoms with Crippen molar-refractivity contribution in [2.75, 3.05) is 31.7 Å². The van der Waals surface area contributed by atoms with Gasteiger partial charge in [0.1, 0.15) is 6.04 Å². The highest BCUT2D eigenvalue weighted by atomic mass is 32.2. The van der Waals surface area contributed by atoms with Gasteiger partial charge in [-0.3, -0.25) is 4.79 Å². The number of ether oxygens (including phenoxy) is 1. The van der Waals surface area contributed by atoms with E-state index < -0.39 is 0 Å². The molecule has 0 amide bonds. The van der Waals surface area contributed by atoms with E-state index in [9.17, 15) is 4.79 Å². The second-order valence-corrected chi connectivity index (χ2v) is 5.04. The van der Waals surface area contributed by atoms with E-state index >= 15 is 0 Å². The summed E-state index contributed by atoms with van der Waals surface area (Å²) in [6, 6.07) is -0.221. The average Bonchev–Trinajstić information content (AvgIpc) is 2.86. The highest BCUT2D eigenvalue weighted by molar-refractivity contribution is 7.99. The normalized spacial score (nSPS) is 20.6. The van der Waals surface area contributed by atoms with E-state index in [1.165, 1.54) is 7.11 Å². The highest BCUT2D eigenvalue weighted by Gasteiger charge is 2.31. The highest BCUT2D eigenvalue weighted by Crippen LogP contribution is 2.26. The SMILES string of the molecule is COC(=O)C(NCCCN=[N+]=[N-])C1CCSC1. The fraction of sp³-hybridized carbons (Fsp3) is 0.900. The maximum Gasteiger partial charge on any atom is 0.323 e. The van der Waals surface area contributed by atoms with Gasteiger partial charge in [-0.25, -0.2) is 0 Å². The van der Waals surface area contributed by atoms with Crippen molar-refractivity contribution in [2.45, 2.75) is 18.9 Å². The van der Waals surface area contributed by atoms with Crippen LogP contribution in [0, 0.1) is 5.92 Å². The first-order valence-corrected chi connectivity index (χ1v) is 6.85. The topological polar surface area (TPSA) is 87.1 Å². The van der Waals surface area contributed by atoms with Gasteiger partial charge in [0.05, 0.1) is 7.11 Å². The van der Waals surface area contributed by atoms with E-state index in [4.69, 9.17) is 10.3 Å². The molecule has 1 fully saturated rings. The molecule has 0 spiro atoms. The quantitative estimate of drug-likeness (QED) is 0.247. The molecule has 0 aromatic rings. The molecule has 0 aromatic heterocycles. The lowest BCUT2D eigenvalue weighted by molar-refractivity contribution is -0.144. The summed E-state index contributed by atoms with van der Waals surface area (Å²) in [4.78, 5) is 14.3. The fourth-order valence-electron chi connectivity index (χ4n) is 1.84. The van der Waals surface area contributed by atoms with Crippen LogP contribution in [0.15, 0.2) is 5.11 Å². The molecule has 96 valence electrons. The predicted molar refractivity (Wildman–Crippen MR) is 67.9 cm³/mol. The number of azide groups is 1. The van der Waals surface area contributed by atoms with Crippen LogP contribution in [-0.2, 0) is 9.53 Å². The summed E-state index contributed by atoms with van der Waals surface area (Å²) >= 11 is 1.87. The summed E-state index contributed by atoms with van der Waals surface area (Å²) in [5, 5.41) is 6.65. The van der Waals surface area contributed by atoms with Gasteiger partial charge in [-0.05, 0) is 42.3 Å². The third-order valence-corrected chi connectivity index (χ3v) is 3.94. The van der Waals surface area contributed by atoms with Crippen molar-refractivity contribution in [3.63, 3.8) is 0 Å². The second-order valence-electron chi connectivity index (χ2n) is 3.89. The zero-order valence-electron chi connectivity index (χ0n) is 9.96. The number of carbonyl (C=O) groups excluding carboxylic acids is 1. The van der Waals surface area contributed by atoms with Crippen molar-refractivity contribution >= 4 is 17.7 Å². The van der Waals surface area contributed by atoms with Crippen molar-refractivity contribution in [3.05, 3.63) is 10.4 Å². The van der Waals surface area contributed by atoms with Crippen molar-refractivity contribution in [3.8, 4) is 0 Å². The number of nitrogens with zero attached hydrogens (tertiary/aromatic N) is 3. The Hall–Kier alpha value is -0.910. The molecular weight excluding hydrogens is 240 g/mol. The van der Waals surface area contributed by atoms with Gasteiger partial charge in [0, 0.05) is 11.5 Å². The second kappa shape index (κ2) is 8.22. The van der Waals surface area contributed by atoms with Crippen LogP contribution in [0.4, 0.5) is 0 Å². The van der Waals surface area contributed by atoms with Crippen molar-refractivity contribution in [1.82, 2.24) is 5.32 Å². The Bertz CT molecular complexity index is 288. The molecule has 7 heteroatoms. The standard InChI is InChI=1S/C10H18N4O2S/c1-16-10(15)9(8-3-6-17-7-8)12-4-2-5-13-14-11/h8-9,12H,2-7H2,1H3. The first kappa shape index (κ1) is 14.2. The summed E-state index contributed by atoms with van der Waals surface area (Å²) in [5.41, 5.74) is 8.13. The number of esters is 1. The lowest BCUT2D eigenvalue weighted by Gasteiger charge is -2.21. The Labute approximate surface area is 105 Å². The van der Waals surface area contributed by atoms with Crippen molar-refractivity contribution in [1.29, 1.82) is 0 Å². The van der Waals surface area contributed by atoms with Crippen LogP contribution >= 0.6 is 11.8 Å². The molecule has 2 unspecified atom stereocenters. The van der Waals surface area contributed by atoms with Crippen LogP contribution in [0.25, 0.3) is 10.4 Å². The van der Waals surface area contributed by atoms with Crippen LogP contribution < -0.4 is 5.32 Å². The number of hydrogen-bond donors (Lipinski definition) is 1. The summed E-state index contributed by atoms with van der Waals surface area (Å²) < 4.78 is 4.81. The number of hydrogen-bond acceptors (Lipinski definition) is 5. The molecular formula is C10H18N4O2S. The molecule has 0 saturated carbocycles. The van der Waals surface area contributed by atoms with E-state index in [0.29, 0.717) is 19.0 Å². The Morgan fingerprint density at radius 3 is 3.18 bits per heavy atom. The monoisotopic (exact) mass is 258 g/mol. The van der Waals surface area contributed by atoms with Gasteiger partial charge in [0.2, 0.25) is 0 Å². The number of methoxy groups -OCH3 is 1.